The van der Waals surface area contributed by atoms with E-state index in [1.807, 2.05) is 0 Å². The fraction of sp³-hybridized carbons (Fsp3) is 0.111. The Labute approximate surface area is 152 Å². The van der Waals surface area contributed by atoms with E-state index in [1.165, 1.54) is 42.5 Å². The number of allylic oxidation sites excluding steroid dienone is 1. The molecular formula is C18H9BrF6O. The van der Waals surface area contributed by atoms with Crippen LogP contribution in [0.15, 0.2) is 57.4 Å². The summed E-state index contributed by atoms with van der Waals surface area (Å²) >= 11 is 3.10. The third-order valence-electron chi connectivity index (χ3n) is 3.63. The average molecular weight is 435 g/mol. The maximum atomic E-state index is 13.7. The second kappa shape index (κ2) is 6.50. The van der Waals surface area contributed by atoms with Gasteiger partial charge in [-0.1, -0.05) is 52.3 Å². The number of alkyl halides is 6. The van der Waals surface area contributed by atoms with Crippen LogP contribution in [0.5, 0.6) is 0 Å². The van der Waals surface area contributed by atoms with E-state index in [4.69, 9.17) is 4.42 Å². The Bertz CT molecular complexity index is 981. The molecule has 0 aliphatic heterocycles. The lowest BCUT2D eigenvalue weighted by molar-refractivity contribution is -0.152. The first-order valence-electron chi connectivity index (χ1n) is 7.21. The molecule has 0 unspecified atom stereocenters. The molecule has 0 spiro atoms. The number of hydrogen-bond acceptors (Lipinski definition) is 1. The lowest BCUT2D eigenvalue weighted by Crippen LogP contribution is -2.15. The van der Waals surface area contributed by atoms with Gasteiger partial charge in [0.2, 0.25) is 5.76 Å². The summed E-state index contributed by atoms with van der Waals surface area (Å²) in [6, 6.07) is 11.0. The number of fused-ring (bicyclic) bond motifs is 1. The molecule has 0 fully saturated rings. The van der Waals surface area contributed by atoms with Gasteiger partial charge in [0.15, 0.2) is 0 Å². The topological polar surface area (TPSA) is 13.1 Å². The van der Waals surface area contributed by atoms with Gasteiger partial charge >= 0.3 is 12.4 Å². The Morgan fingerprint density at radius 3 is 2.12 bits per heavy atom. The Morgan fingerprint density at radius 1 is 0.885 bits per heavy atom. The lowest BCUT2D eigenvalue weighted by atomic mass is 9.98. The van der Waals surface area contributed by atoms with Crippen LogP contribution in [-0.4, -0.2) is 6.18 Å². The van der Waals surface area contributed by atoms with E-state index in [2.05, 4.69) is 15.9 Å². The van der Waals surface area contributed by atoms with Crippen molar-refractivity contribution in [1.29, 1.82) is 0 Å². The molecule has 0 saturated carbocycles. The Balaban J connectivity index is 2.38. The molecule has 0 saturated heterocycles. The van der Waals surface area contributed by atoms with Crippen molar-refractivity contribution in [1.82, 2.24) is 0 Å². The maximum Gasteiger partial charge on any atom is 0.450 e. The summed E-state index contributed by atoms with van der Waals surface area (Å²) in [5, 5.41) is -0.254. The first-order chi connectivity index (χ1) is 12.1. The number of halogens is 7. The molecule has 1 aromatic heterocycles. The van der Waals surface area contributed by atoms with Crippen molar-refractivity contribution in [3.8, 4) is 0 Å². The minimum absolute atomic E-state index is 0.0956. The van der Waals surface area contributed by atoms with Gasteiger partial charge in [0.05, 0.1) is 5.57 Å². The van der Waals surface area contributed by atoms with Crippen LogP contribution in [0.4, 0.5) is 26.3 Å². The molecule has 1 heterocycles. The Morgan fingerprint density at radius 2 is 1.50 bits per heavy atom. The van der Waals surface area contributed by atoms with Crippen molar-refractivity contribution in [3.63, 3.8) is 0 Å². The van der Waals surface area contributed by atoms with Gasteiger partial charge in [-0.25, -0.2) is 0 Å². The van der Waals surface area contributed by atoms with Crippen LogP contribution < -0.4 is 0 Å². The summed E-state index contributed by atoms with van der Waals surface area (Å²) in [6.07, 6.45) is -9.43. The molecule has 0 N–H and O–H groups in total. The fourth-order valence-electron chi connectivity index (χ4n) is 2.56. The zero-order chi connectivity index (χ0) is 19.1. The molecule has 8 heteroatoms. The molecule has 0 aliphatic rings. The number of furan rings is 1. The van der Waals surface area contributed by atoms with Gasteiger partial charge in [-0.2, -0.15) is 26.3 Å². The zero-order valence-corrected chi connectivity index (χ0v) is 14.3. The normalized spacial score (nSPS) is 13.4. The van der Waals surface area contributed by atoms with E-state index in [-0.39, 0.29) is 16.5 Å². The molecule has 0 atom stereocenters. The maximum absolute atomic E-state index is 13.7. The summed E-state index contributed by atoms with van der Waals surface area (Å²) in [5.41, 5.74) is -2.62. The van der Waals surface area contributed by atoms with Crippen LogP contribution >= 0.6 is 15.9 Å². The van der Waals surface area contributed by atoms with Crippen LogP contribution in [0.25, 0.3) is 22.6 Å². The smallest absolute Gasteiger partial charge is 0.450 e. The van der Waals surface area contributed by atoms with Crippen molar-refractivity contribution >= 4 is 38.5 Å². The van der Waals surface area contributed by atoms with Crippen molar-refractivity contribution in [2.45, 2.75) is 12.4 Å². The van der Waals surface area contributed by atoms with E-state index in [0.29, 0.717) is 10.5 Å². The van der Waals surface area contributed by atoms with Crippen LogP contribution in [0, 0.1) is 0 Å². The summed E-state index contributed by atoms with van der Waals surface area (Å²) in [7, 11) is 0. The van der Waals surface area contributed by atoms with Crippen LogP contribution in [0.2, 0.25) is 0 Å². The molecule has 0 aliphatic carbocycles. The highest BCUT2D eigenvalue weighted by Crippen LogP contribution is 2.47. The van der Waals surface area contributed by atoms with E-state index in [9.17, 15) is 26.3 Å². The van der Waals surface area contributed by atoms with Gasteiger partial charge in [-0.3, -0.25) is 0 Å². The van der Waals surface area contributed by atoms with Gasteiger partial charge in [-0.15, -0.1) is 0 Å². The number of rotatable bonds is 2. The molecule has 1 nitrogen and oxygen atoms in total. The summed E-state index contributed by atoms with van der Waals surface area (Å²) in [5.74, 6) is -1.67. The first-order valence-corrected chi connectivity index (χ1v) is 8.01. The standard InChI is InChI=1S/C18H9BrF6O/c19-13-7-3-1-5-10(13)9-12(17(20,21)22)15-11-6-2-4-8-14(11)26-16(15)18(23,24)25/h1-9H/b12-9+. The highest BCUT2D eigenvalue weighted by molar-refractivity contribution is 9.10. The Hall–Kier alpha value is -2.22. The van der Waals surface area contributed by atoms with Crippen molar-refractivity contribution in [3.05, 3.63) is 69.9 Å². The average Bonchev–Trinajstić information content (AvgIpc) is 2.92. The molecule has 0 bridgehead atoms. The Kier molecular flexibility index (Phi) is 4.64. The minimum atomic E-state index is -5.08. The summed E-state index contributed by atoms with van der Waals surface area (Å²) in [4.78, 5) is 0. The largest absolute Gasteiger partial charge is 0.451 e. The minimum Gasteiger partial charge on any atom is -0.451 e. The number of benzene rings is 2. The molecule has 0 radical (unpaired) electrons. The molecular weight excluding hydrogens is 426 g/mol. The molecule has 0 amide bonds. The molecule has 2 aromatic carbocycles. The second-order valence-electron chi connectivity index (χ2n) is 5.38. The lowest BCUT2D eigenvalue weighted by Gasteiger charge is -2.14. The van der Waals surface area contributed by atoms with Gasteiger partial charge in [0.1, 0.15) is 5.58 Å². The quantitative estimate of drug-likeness (QED) is 0.385. The van der Waals surface area contributed by atoms with Crippen LogP contribution in [0.3, 0.4) is 0 Å². The third kappa shape index (κ3) is 3.51. The molecule has 26 heavy (non-hydrogen) atoms. The zero-order valence-electron chi connectivity index (χ0n) is 12.8. The van der Waals surface area contributed by atoms with Crippen LogP contribution in [0.1, 0.15) is 16.9 Å². The summed E-state index contributed by atoms with van der Waals surface area (Å²) < 4.78 is 86.2. The van der Waals surface area contributed by atoms with E-state index in [0.717, 1.165) is 0 Å². The number of para-hydroxylation sites is 1. The highest BCUT2D eigenvalue weighted by Gasteiger charge is 2.45. The van der Waals surface area contributed by atoms with Crippen molar-refractivity contribution in [2.24, 2.45) is 0 Å². The fourth-order valence-corrected chi connectivity index (χ4v) is 2.96. The third-order valence-corrected chi connectivity index (χ3v) is 4.35. The number of hydrogen-bond donors (Lipinski definition) is 0. The monoisotopic (exact) mass is 434 g/mol. The second-order valence-corrected chi connectivity index (χ2v) is 6.23. The van der Waals surface area contributed by atoms with E-state index in [1.54, 1.807) is 6.07 Å². The van der Waals surface area contributed by atoms with Crippen molar-refractivity contribution in [2.75, 3.05) is 0 Å². The molecule has 136 valence electrons. The first kappa shape index (κ1) is 18.6. The van der Waals surface area contributed by atoms with E-state index >= 15 is 0 Å². The van der Waals surface area contributed by atoms with Crippen molar-refractivity contribution < 1.29 is 30.8 Å². The highest BCUT2D eigenvalue weighted by atomic mass is 79.9. The predicted octanol–water partition coefficient (Wildman–Crippen LogP) is 7.32. The van der Waals surface area contributed by atoms with Gasteiger partial charge < -0.3 is 4.42 Å². The van der Waals surface area contributed by atoms with E-state index < -0.39 is 29.2 Å². The molecule has 3 aromatic rings. The van der Waals surface area contributed by atoms with Gasteiger partial charge in [-0.05, 0) is 23.8 Å². The molecule has 3 rings (SSSR count). The summed E-state index contributed by atoms with van der Waals surface area (Å²) in [6.45, 7) is 0. The predicted molar refractivity (Wildman–Crippen MR) is 89.3 cm³/mol. The van der Waals surface area contributed by atoms with Gasteiger partial charge in [0.25, 0.3) is 0 Å². The SMILES string of the molecule is FC(F)(F)/C(=C/c1ccccc1Br)c1c(C(F)(F)F)oc2ccccc12. The van der Waals surface area contributed by atoms with Crippen LogP contribution in [-0.2, 0) is 6.18 Å². The van der Waals surface area contributed by atoms with Gasteiger partial charge in [0, 0.05) is 15.4 Å².